The van der Waals surface area contributed by atoms with Crippen molar-refractivity contribution in [3.8, 4) is 17.6 Å². The van der Waals surface area contributed by atoms with Gasteiger partial charge in [0.15, 0.2) is 0 Å². The molecule has 0 N–H and O–H groups in total. The van der Waals surface area contributed by atoms with Crippen LogP contribution in [0.25, 0.3) is 28.1 Å². The van der Waals surface area contributed by atoms with Gasteiger partial charge >= 0.3 is 0 Å². The Balaban J connectivity index is 1.76. The average molecular weight is 413 g/mol. The van der Waals surface area contributed by atoms with E-state index in [9.17, 15) is 10.5 Å². The summed E-state index contributed by atoms with van der Waals surface area (Å²) in [4.78, 5) is 8.97. The van der Waals surface area contributed by atoms with Crippen LogP contribution in [-0.2, 0) is 0 Å². The molecular weight excluding hydrogens is 400 g/mol. The first-order valence-electron chi connectivity index (χ1n) is 8.63. The van der Waals surface area contributed by atoms with E-state index >= 15 is 0 Å². The van der Waals surface area contributed by atoms with E-state index in [4.69, 9.17) is 16.1 Å². The molecule has 4 heterocycles. The Morgan fingerprint density at radius 1 is 1.46 bits per heavy atom. The summed E-state index contributed by atoms with van der Waals surface area (Å²) in [6, 6.07) is 5.31. The van der Waals surface area contributed by atoms with E-state index in [1.807, 2.05) is 17.8 Å². The molecule has 3 aromatic heterocycles. The maximum absolute atomic E-state index is 13.0. The highest BCUT2D eigenvalue weighted by atomic mass is 35.5. The molecule has 1 aliphatic rings. The van der Waals surface area contributed by atoms with E-state index < -0.39 is 0 Å². The first-order chi connectivity index (χ1) is 13.6. The Labute approximate surface area is 168 Å². The standard InChI is InChI=1S/C18H13ClN6O2S/c1-9-15-14(17-22-18(27-23-17)10-4-5-28-7-10)21-8-24(15)13-3-2-12(19)11(6-20)16(13)25(9)26/h2-3,8,10H,4-5,7H2,1H3. The van der Waals surface area contributed by atoms with E-state index in [1.165, 1.54) is 0 Å². The fraction of sp³-hybridized carbons (Fsp3) is 0.278. The number of nitriles is 1. The third-order valence-corrected chi connectivity index (χ3v) is 6.50. The summed E-state index contributed by atoms with van der Waals surface area (Å²) >= 11 is 7.98. The Hall–Kier alpha value is -2.83. The molecule has 4 aromatic rings. The maximum atomic E-state index is 13.0. The van der Waals surface area contributed by atoms with Gasteiger partial charge in [0.1, 0.15) is 34.7 Å². The highest BCUT2D eigenvalue weighted by molar-refractivity contribution is 7.99. The molecule has 0 amide bonds. The molecule has 0 spiro atoms. The predicted octanol–water partition coefficient (Wildman–Crippen LogP) is 3.22. The van der Waals surface area contributed by atoms with Gasteiger partial charge < -0.3 is 9.73 Å². The summed E-state index contributed by atoms with van der Waals surface area (Å²) in [5.41, 5.74) is 2.29. The molecule has 8 nitrogen and oxygen atoms in total. The van der Waals surface area contributed by atoms with Crippen molar-refractivity contribution in [2.45, 2.75) is 19.3 Å². The lowest BCUT2D eigenvalue weighted by atomic mass is 10.1. The quantitative estimate of drug-likeness (QED) is 0.367. The van der Waals surface area contributed by atoms with Crippen LogP contribution >= 0.6 is 23.4 Å². The second kappa shape index (κ2) is 6.36. The number of aryl methyl sites for hydroxylation is 1. The van der Waals surface area contributed by atoms with Gasteiger partial charge in [-0.15, -0.1) is 0 Å². The van der Waals surface area contributed by atoms with Gasteiger partial charge in [0.25, 0.3) is 5.52 Å². The molecule has 5 rings (SSSR count). The second-order valence-corrected chi connectivity index (χ2v) is 8.17. The zero-order chi connectivity index (χ0) is 19.4. The van der Waals surface area contributed by atoms with Gasteiger partial charge in [-0.3, -0.25) is 4.40 Å². The third kappa shape index (κ3) is 2.38. The number of hydrogen-bond acceptors (Lipinski definition) is 7. The first kappa shape index (κ1) is 17.3. The highest BCUT2D eigenvalue weighted by Crippen LogP contribution is 2.33. The van der Waals surface area contributed by atoms with Crippen LogP contribution in [0, 0.1) is 23.5 Å². The number of fused-ring (bicyclic) bond motifs is 3. The van der Waals surface area contributed by atoms with Crippen molar-refractivity contribution in [2.75, 3.05) is 11.5 Å². The van der Waals surface area contributed by atoms with Gasteiger partial charge in [0, 0.05) is 18.6 Å². The molecule has 28 heavy (non-hydrogen) atoms. The van der Waals surface area contributed by atoms with Gasteiger partial charge in [-0.25, -0.2) is 4.98 Å². The largest absolute Gasteiger partial charge is 0.618 e. The summed E-state index contributed by atoms with van der Waals surface area (Å²) in [6.07, 6.45) is 2.61. The number of hydrogen-bond donors (Lipinski definition) is 0. The van der Waals surface area contributed by atoms with Crippen molar-refractivity contribution in [3.05, 3.63) is 45.8 Å². The molecular formula is C18H13ClN6O2S. The molecule has 0 bridgehead atoms. The Bertz CT molecular complexity index is 1290. The van der Waals surface area contributed by atoms with E-state index in [0.717, 1.165) is 22.7 Å². The van der Waals surface area contributed by atoms with Crippen molar-refractivity contribution in [3.63, 3.8) is 0 Å². The van der Waals surface area contributed by atoms with Gasteiger partial charge in [0.2, 0.25) is 17.4 Å². The third-order valence-electron chi connectivity index (χ3n) is 5.03. The Morgan fingerprint density at radius 2 is 2.32 bits per heavy atom. The monoisotopic (exact) mass is 412 g/mol. The summed E-state index contributed by atoms with van der Waals surface area (Å²) in [6.45, 7) is 1.67. The highest BCUT2D eigenvalue weighted by Gasteiger charge is 2.28. The maximum Gasteiger partial charge on any atom is 0.260 e. The van der Waals surface area contributed by atoms with E-state index in [-0.39, 0.29) is 22.0 Å². The fourth-order valence-electron chi connectivity index (χ4n) is 3.59. The van der Waals surface area contributed by atoms with Crippen molar-refractivity contribution >= 4 is 39.9 Å². The lowest BCUT2D eigenvalue weighted by molar-refractivity contribution is -0.583. The van der Waals surface area contributed by atoms with Crippen molar-refractivity contribution in [1.29, 1.82) is 5.26 Å². The minimum absolute atomic E-state index is 0.134. The predicted molar refractivity (Wildman–Crippen MR) is 104 cm³/mol. The zero-order valence-electron chi connectivity index (χ0n) is 14.7. The van der Waals surface area contributed by atoms with Crippen molar-refractivity contribution < 1.29 is 9.25 Å². The molecule has 140 valence electrons. The fourth-order valence-corrected chi connectivity index (χ4v) is 5.00. The molecule has 0 saturated carbocycles. The molecule has 1 aliphatic heterocycles. The van der Waals surface area contributed by atoms with Gasteiger partial charge in [-0.05, 0) is 24.3 Å². The van der Waals surface area contributed by atoms with E-state index in [2.05, 4.69) is 15.1 Å². The number of rotatable bonds is 2. The first-order valence-corrected chi connectivity index (χ1v) is 10.2. The molecule has 1 aromatic carbocycles. The number of aromatic nitrogens is 5. The normalized spacial score (nSPS) is 16.8. The van der Waals surface area contributed by atoms with Gasteiger partial charge in [-0.2, -0.15) is 26.7 Å². The lowest BCUT2D eigenvalue weighted by Gasteiger charge is -2.10. The average Bonchev–Trinajstić information content (AvgIpc) is 3.45. The molecule has 0 radical (unpaired) electrons. The minimum Gasteiger partial charge on any atom is -0.618 e. The zero-order valence-corrected chi connectivity index (χ0v) is 16.3. The molecule has 1 atom stereocenters. The Morgan fingerprint density at radius 3 is 3.07 bits per heavy atom. The number of imidazole rings is 1. The molecule has 1 unspecified atom stereocenters. The molecule has 1 saturated heterocycles. The van der Waals surface area contributed by atoms with E-state index in [0.29, 0.717) is 34.1 Å². The summed E-state index contributed by atoms with van der Waals surface area (Å²) < 4.78 is 7.94. The molecule has 10 heteroatoms. The van der Waals surface area contributed by atoms with Crippen LogP contribution in [0.15, 0.2) is 23.0 Å². The number of benzene rings is 1. The SMILES string of the molecule is Cc1c2c(-c3noc(C4CCSC4)n3)ncn2c2ccc(Cl)c(C#N)c2[n+]1[O-]. The molecule has 1 fully saturated rings. The smallest absolute Gasteiger partial charge is 0.260 e. The second-order valence-electron chi connectivity index (χ2n) is 6.61. The minimum atomic E-state index is 0.134. The summed E-state index contributed by atoms with van der Waals surface area (Å²) in [5.74, 6) is 3.26. The lowest BCUT2D eigenvalue weighted by Crippen LogP contribution is -2.33. The summed E-state index contributed by atoms with van der Waals surface area (Å²) in [5, 5.41) is 26.7. The topological polar surface area (TPSA) is 107 Å². The van der Waals surface area contributed by atoms with Crippen LogP contribution in [0.2, 0.25) is 5.02 Å². The Kier molecular flexibility index (Phi) is 3.92. The van der Waals surface area contributed by atoms with Crippen LogP contribution < -0.4 is 4.73 Å². The van der Waals surface area contributed by atoms with Gasteiger partial charge in [-0.1, -0.05) is 16.8 Å². The molecule has 0 aliphatic carbocycles. The number of halogens is 1. The number of thioether (sulfide) groups is 1. The van der Waals surface area contributed by atoms with Crippen molar-refractivity contribution in [2.24, 2.45) is 0 Å². The van der Waals surface area contributed by atoms with Crippen LogP contribution in [0.5, 0.6) is 0 Å². The van der Waals surface area contributed by atoms with Crippen LogP contribution in [0.1, 0.15) is 29.5 Å². The number of nitrogens with zero attached hydrogens (tertiary/aromatic N) is 6. The van der Waals surface area contributed by atoms with Crippen LogP contribution in [0.4, 0.5) is 0 Å². The van der Waals surface area contributed by atoms with E-state index in [1.54, 1.807) is 29.8 Å². The van der Waals surface area contributed by atoms with Crippen LogP contribution in [0.3, 0.4) is 0 Å². The summed E-state index contributed by atoms with van der Waals surface area (Å²) in [7, 11) is 0. The van der Waals surface area contributed by atoms with Crippen molar-refractivity contribution in [1.82, 2.24) is 19.5 Å². The van der Waals surface area contributed by atoms with Gasteiger partial charge in [0.05, 0.1) is 5.02 Å². The van der Waals surface area contributed by atoms with Crippen LogP contribution in [-0.4, -0.2) is 31.0 Å².